The van der Waals surface area contributed by atoms with E-state index in [0.29, 0.717) is 0 Å². The monoisotopic (exact) mass is 411 g/mol. The number of hydrogen-bond acceptors (Lipinski definition) is 4. The molecule has 0 spiro atoms. The highest BCUT2D eigenvalue weighted by atomic mass is 15.3. The van der Waals surface area contributed by atoms with Crippen molar-refractivity contribution in [2.45, 2.75) is 33.7 Å². The summed E-state index contributed by atoms with van der Waals surface area (Å²) in [4.78, 5) is 9.41. The molecule has 3 rings (SSSR count). The number of aromatic nitrogens is 2. The molecule has 1 aliphatic rings. The van der Waals surface area contributed by atoms with Crippen molar-refractivity contribution < 1.29 is 0 Å². The summed E-state index contributed by atoms with van der Waals surface area (Å²) in [6.07, 6.45) is 1.11. The first-order valence-electron chi connectivity index (χ1n) is 11.0. The summed E-state index contributed by atoms with van der Waals surface area (Å²) >= 11 is 0. The Balaban J connectivity index is 1.34. The number of nitrogens with one attached hydrogen (secondary N) is 2. The van der Waals surface area contributed by atoms with Crippen molar-refractivity contribution in [3.05, 3.63) is 46.8 Å². The van der Waals surface area contributed by atoms with Gasteiger partial charge in [-0.1, -0.05) is 12.1 Å². The molecule has 164 valence electrons. The Kier molecular flexibility index (Phi) is 7.74. The number of anilines is 1. The average molecular weight is 412 g/mol. The van der Waals surface area contributed by atoms with E-state index in [-0.39, 0.29) is 0 Å². The highest BCUT2D eigenvalue weighted by Gasteiger charge is 2.17. The summed E-state index contributed by atoms with van der Waals surface area (Å²) in [5.74, 6) is 0.849. The fourth-order valence-electron chi connectivity index (χ4n) is 4.03. The Bertz CT molecular complexity index is 847. The van der Waals surface area contributed by atoms with E-state index in [1.807, 2.05) is 18.8 Å². The normalized spacial score (nSPS) is 15.5. The molecule has 0 saturated carbocycles. The predicted molar refractivity (Wildman–Crippen MR) is 125 cm³/mol. The van der Waals surface area contributed by atoms with Gasteiger partial charge >= 0.3 is 0 Å². The fraction of sp³-hybridized carbons (Fsp3) is 0.565. The van der Waals surface area contributed by atoms with E-state index in [4.69, 9.17) is 0 Å². The van der Waals surface area contributed by atoms with Crippen molar-refractivity contribution in [3.63, 3.8) is 0 Å². The zero-order valence-corrected chi connectivity index (χ0v) is 19.2. The van der Waals surface area contributed by atoms with E-state index in [2.05, 4.69) is 75.6 Å². The van der Waals surface area contributed by atoms with Crippen molar-refractivity contribution in [2.75, 3.05) is 51.2 Å². The van der Waals surface area contributed by atoms with E-state index in [0.717, 1.165) is 63.9 Å². The number of guanidine groups is 1. The molecule has 1 aromatic carbocycles. The molecule has 0 aliphatic carbocycles. The van der Waals surface area contributed by atoms with Gasteiger partial charge in [-0.3, -0.25) is 14.6 Å². The van der Waals surface area contributed by atoms with Crippen LogP contribution in [-0.2, 0) is 13.6 Å². The Morgan fingerprint density at radius 3 is 2.50 bits per heavy atom. The molecular weight excluding hydrogens is 374 g/mol. The first-order chi connectivity index (χ1) is 14.5. The molecule has 2 heterocycles. The van der Waals surface area contributed by atoms with Crippen LogP contribution in [0.2, 0.25) is 0 Å². The second kappa shape index (κ2) is 10.5. The van der Waals surface area contributed by atoms with Gasteiger partial charge in [0.2, 0.25) is 0 Å². The van der Waals surface area contributed by atoms with Gasteiger partial charge in [0.05, 0.1) is 5.69 Å². The molecule has 1 fully saturated rings. The summed E-state index contributed by atoms with van der Waals surface area (Å²) in [5.41, 5.74) is 6.19. The number of aliphatic imine (C=N–C) groups is 1. The molecule has 1 aromatic heterocycles. The van der Waals surface area contributed by atoms with Crippen LogP contribution in [0.5, 0.6) is 0 Å². The molecule has 1 aliphatic heterocycles. The van der Waals surface area contributed by atoms with Crippen LogP contribution in [0.1, 0.15) is 28.9 Å². The zero-order valence-electron chi connectivity index (χ0n) is 19.2. The topological polar surface area (TPSA) is 60.7 Å². The lowest BCUT2D eigenvalue weighted by Crippen LogP contribution is -2.47. The summed E-state index contributed by atoms with van der Waals surface area (Å²) < 4.78 is 1.93. The first-order valence-corrected chi connectivity index (χ1v) is 11.0. The summed E-state index contributed by atoms with van der Waals surface area (Å²) in [5, 5.41) is 11.3. The summed E-state index contributed by atoms with van der Waals surface area (Å²) in [6, 6.07) is 8.82. The molecule has 30 heavy (non-hydrogen) atoms. The zero-order chi connectivity index (χ0) is 21.5. The predicted octanol–water partition coefficient (Wildman–Crippen LogP) is 2.22. The van der Waals surface area contributed by atoms with Gasteiger partial charge in [0, 0.05) is 70.3 Å². The van der Waals surface area contributed by atoms with Gasteiger partial charge in [-0.05, 0) is 51.4 Å². The highest BCUT2D eigenvalue weighted by molar-refractivity contribution is 5.79. The number of aryl methyl sites for hydroxylation is 3. The molecule has 7 heteroatoms. The fourth-order valence-corrected chi connectivity index (χ4v) is 4.03. The smallest absolute Gasteiger partial charge is 0.191 e. The first kappa shape index (κ1) is 22.2. The number of rotatable bonds is 7. The third-order valence-electron chi connectivity index (χ3n) is 6.00. The molecular formula is C23H37N7. The van der Waals surface area contributed by atoms with Crippen LogP contribution in [0.3, 0.4) is 0 Å². The van der Waals surface area contributed by atoms with Gasteiger partial charge in [-0.15, -0.1) is 0 Å². The molecule has 1 saturated heterocycles. The SMILES string of the molecule is CN=C(NCCCN1CCN(c2cccc(C)c2)CC1)NCc1c(C)nn(C)c1C. The minimum atomic E-state index is 0.742. The molecule has 0 bridgehead atoms. The van der Waals surface area contributed by atoms with Gasteiger partial charge in [-0.2, -0.15) is 5.10 Å². The lowest BCUT2D eigenvalue weighted by Gasteiger charge is -2.36. The molecule has 7 nitrogen and oxygen atoms in total. The maximum atomic E-state index is 4.48. The lowest BCUT2D eigenvalue weighted by molar-refractivity contribution is 0.255. The van der Waals surface area contributed by atoms with E-state index in [1.165, 1.54) is 22.5 Å². The number of piperazine rings is 1. The van der Waals surface area contributed by atoms with Crippen molar-refractivity contribution in [2.24, 2.45) is 12.0 Å². The third kappa shape index (κ3) is 5.75. The lowest BCUT2D eigenvalue weighted by atomic mass is 10.2. The number of nitrogens with zero attached hydrogens (tertiary/aromatic N) is 5. The maximum absolute atomic E-state index is 4.48. The summed E-state index contributed by atoms with van der Waals surface area (Å²) in [7, 11) is 3.81. The van der Waals surface area contributed by atoms with Crippen molar-refractivity contribution >= 4 is 11.6 Å². The Labute approximate surface area is 181 Å². The standard InChI is InChI=1S/C23H37N7/c1-18-8-6-9-21(16-18)30-14-12-29(13-15-30)11-7-10-25-23(24-4)26-17-22-19(2)27-28(5)20(22)3/h6,8-9,16H,7,10-15,17H2,1-5H3,(H2,24,25,26). The minimum Gasteiger partial charge on any atom is -0.369 e. The molecule has 2 N–H and O–H groups in total. The van der Waals surface area contributed by atoms with Gasteiger partial charge in [0.25, 0.3) is 0 Å². The van der Waals surface area contributed by atoms with E-state index < -0.39 is 0 Å². The van der Waals surface area contributed by atoms with Gasteiger partial charge in [0.15, 0.2) is 5.96 Å². The minimum absolute atomic E-state index is 0.742. The molecule has 2 aromatic rings. The maximum Gasteiger partial charge on any atom is 0.191 e. The van der Waals surface area contributed by atoms with E-state index in [1.54, 1.807) is 0 Å². The quantitative estimate of drug-likeness (QED) is 0.416. The summed E-state index contributed by atoms with van der Waals surface area (Å²) in [6.45, 7) is 13.6. The molecule has 0 radical (unpaired) electrons. The molecule has 0 unspecified atom stereocenters. The second-order valence-electron chi connectivity index (χ2n) is 8.15. The van der Waals surface area contributed by atoms with Crippen molar-refractivity contribution in [3.8, 4) is 0 Å². The Hall–Kier alpha value is -2.54. The van der Waals surface area contributed by atoms with Crippen molar-refractivity contribution in [1.29, 1.82) is 0 Å². The van der Waals surface area contributed by atoms with Crippen LogP contribution in [0, 0.1) is 20.8 Å². The average Bonchev–Trinajstić information content (AvgIpc) is 2.99. The van der Waals surface area contributed by atoms with Crippen LogP contribution in [-0.4, -0.2) is 67.0 Å². The molecule has 0 atom stereocenters. The largest absolute Gasteiger partial charge is 0.369 e. The Morgan fingerprint density at radius 1 is 1.10 bits per heavy atom. The Morgan fingerprint density at radius 2 is 1.87 bits per heavy atom. The highest BCUT2D eigenvalue weighted by Crippen LogP contribution is 2.17. The van der Waals surface area contributed by atoms with E-state index in [9.17, 15) is 0 Å². The van der Waals surface area contributed by atoms with Crippen LogP contribution in [0.25, 0.3) is 0 Å². The van der Waals surface area contributed by atoms with Gasteiger partial charge in [-0.25, -0.2) is 0 Å². The van der Waals surface area contributed by atoms with Crippen LogP contribution in [0.4, 0.5) is 5.69 Å². The number of hydrogen-bond donors (Lipinski definition) is 2. The van der Waals surface area contributed by atoms with Gasteiger partial charge < -0.3 is 15.5 Å². The van der Waals surface area contributed by atoms with Gasteiger partial charge in [0.1, 0.15) is 0 Å². The second-order valence-corrected chi connectivity index (χ2v) is 8.15. The van der Waals surface area contributed by atoms with Crippen LogP contribution in [0.15, 0.2) is 29.3 Å². The van der Waals surface area contributed by atoms with Crippen LogP contribution >= 0.6 is 0 Å². The van der Waals surface area contributed by atoms with E-state index >= 15 is 0 Å². The third-order valence-corrected chi connectivity index (χ3v) is 6.00. The van der Waals surface area contributed by atoms with Crippen LogP contribution < -0.4 is 15.5 Å². The van der Waals surface area contributed by atoms with Crippen molar-refractivity contribution in [1.82, 2.24) is 25.3 Å². The molecule has 0 amide bonds. The number of benzene rings is 1.